The lowest BCUT2D eigenvalue weighted by molar-refractivity contribution is 0.451. The van der Waals surface area contributed by atoms with Crippen LogP contribution in [0.4, 0.5) is 0 Å². The van der Waals surface area contributed by atoms with Crippen molar-refractivity contribution in [1.82, 2.24) is 14.8 Å². The van der Waals surface area contributed by atoms with Gasteiger partial charge in [0.1, 0.15) is 0 Å². The highest BCUT2D eigenvalue weighted by Gasteiger charge is 2.30. The third-order valence-corrected chi connectivity index (χ3v) is 4.57. The molecule has 1 saturated carbocycles. The van der Waals surface area contributed by atoms with Crippen molar-refractivity contribution >= 4 is 38.6 Å². The molecule has 3 rings (SSSR count). The molecule has 2 aromatic heterocycles. The van der Waals surface area contributed by atoms with Gasteiger partial charge in [-0.05, 0) is 41.6 Å². The van der Waals surface area contributed by atoms with Gasteiger partial charge in [0.15, 0.2) is 5.65 Å². The predicted octanol–water partition coefficient (Wildman–Crippen LogP) is 3.82. The molecule has 2 heterocycles. The number of nitrogens with zero attached hydrogens (tertiary/aromatic N) is 3. The van der Waals surface area contributed by atoms with E-state index in [4.69, 9.17) is 11.6 Å². The van der Waals surface area contributed by atoms with Gasteiger partial charge in [-0.15, -0.1) is 0 Å². The standard InChI is InChI=1S/C11H11BrClN3/c1-6(7-2-3-7)16-11-8(4-15-16)10(12)9(13)5-14-11/h4-7H,2-3H2,1H3. The summed E-state index contributed by atoms with van der Waals surface area (Å²) in [5, 5.41) is 6.04. The molecule has 0 N–H and O–H groups in total. The number of fused-ring (bicyclic) bond motifs is 1. The largest absolute Gasteiger partial charge is 0.244 e. The third-order valence-electron chi connectivity index (χ3n) is 3.21. The fourth-order valence-corrected chi connectivity index (χ4v) is 2.55. The molecular formula is C11H11BrClN3. The van der Waals surface area contributed by atoms with E-state index in [2.05, 4.69) is 32.9 Å². The lowest BCUT2D eigenvalue weighted by atomic mass is 10.2. The van der Waals surface area contributed by atoms with Crippen LogP contribution in [0.15, 0.2) is 16.9 Å². The Morgan fingerprint density at radius 1 is 1.50 bits per heavy atom. The second-order valence-electron chi connectivity index (χ2n) is 4.32. The molecule has 0 saturated heterocycles. The molecule has 3 nitrogen and oxygen atoms in total. The molecule has 5 heteroatoms. The molecular weight excluding hydrogens is 289 g/mol. The summed E-state index contributed by atoms with van der Waals surface area (Å²) in [7, 11) is 0. The monoisotopic (exact) mass is 299 g/mol. The van der Waals surface area contributed by atoms with Crippen LogP contribution in [0.2, 0.25) is 5.02 Å². The van der Waals surface area contributed by atoms with E-state index in [-0.39, 0.29) is 0 Å². The Balaban J connectivity index is 2.16. The molecule has 0 bridgehead atoms. The van der Waals surface area contributed by atoms with Crippen LogP contribution in [0.5, 0.6) is 0 Å². The summed E-state index contributed by atoms with van der Waals surface area (Å²) < 4.78 is 2.89. The maximum atomic E-state index is 6.00. The van der Waals surface area contributed by atoms with Gasteiger partial charge in [-0.3, -0.25) is 0 Å². The molecule has 1 aliphatic carbocycles. The van der Waals surface area contributed by atoms with Crippen LogP contribution in [0.3, 0.4) is 0 Å². The number of rotatable bonds is 2. The third kappa shape index (κ3) is 1.55. The minimum absolute atomic E-state index is 0.429. The summed E-state index contributed by atoms with van der Waals surface area (Å²) in [6.07, 6.45) is 6.11. The van der Waals surface area contributed by atoms with E-state index < -0.39 is 0 Å². The minimum atomic E-state index is 0.429. The molecule has 0 spiro atoms. The van der Waals surface area contributed by atoms with Crippen molar-refractivity contribution in [2.75, 3.05) is 0 Å². The van der Waals surface area contributed by atoms with Crippen LogP contribution >= 0.6 is 27.5 Å². The summed E-state index contributed by atoms with van der Waals surface area (Å²) in [6, 6.07) is 0.429. The van der Waals surface area contributed by atoms with Gasteiger partial charge < -0.3 is 0 Å². The van der Waals surface area contributed by atoms with Crippen LogP contribution in [-0.4, -0.2) is 14.8 Å². The van der Waals surface area contributed by atoms with Crippen LogP contribution < -0.4 is 0 Å². The van der Waals surface area contributed by atoms with Gasteiger partial charge in [0.05, 0.1) is 27.1 Å². The topological polar surface area (TPSA) is 30.7 Å². The first-order valence-electron chi connectivity index (χ1n) is 5.35. The molecule has 1 atom stereocenters. The first kappa shape index (κ1) is 10.5. The summed E-state index contributed by atoms with van der Waals surface area (Å²) in [5.74, 6) is 0.763. The van der Waals surface area contributed by atoms with Gasteiger partial charge in [0.2, 0.25) is 0 Å². The normalized spacial score (nSPS) is 17.9. The van der Waals surface area contributed by atoms with Crippen molar-refractivity contribution in [2.24, 2.45) is 5.92 Å². The molecule has 0 radical (unpaired) electrons. The Bertz CT molecular complexity index is 547. The Labute approximate surface area is 107 Å². The minimum Gasteiger partial charge on any atom is -0.244 e. The molecule has 1 aliphatic rings. The fourth-order valence-electron chi connectivity index (χ4n) is 2.02. The van der Waals surface area contributed by atoms with E-state index >= 15 is 0 Å². The lowest BCUT2D eigenvalue weighted by Crippen LogP contribution is -2.09. The van der Waals surface area contributed by atoms with Crippen molar-refractivity contribution in [3.05, 3.63) is 21.9 Å². The van der Waals surface area contributed by atoms with Crippen molar-refractivity contribution in [2.45, 2.75) is 25.8 Å². The first-order chi connectivity index (χ1) is 7.68. The highest BCUT2D eigenvalue weighted by molar-refractivity contribution is 9.10. The predicted molar refractivity (Wildman–Crippen MR) is 67.7 cm³/mol. The highest BCUT2D eigenvalue weighted by atomic mass is 79.9. The smallest absolute Gasteiger partial charge is 0.159 e. The van der Waals surface area contributed by atoms with E-state index in [1.54, 1.807) is 6.20 Å². The quantitative estimate of drug-likeness (QED) is 0.844. The fraction of sp³-hybridized carbons (Fsp3) is 0.455. The average Bonchev–Trinajstić information content (AvgIpc) is 3.03. The zero-order chi connectivity index (χ0) is 11.3. The summed E-state index contributed by atoms with van der Waals surface area (Å²) in [5.41, 5.74) is 0.913. The molecule has 16 heavy (non-hydrogen) atoms. The van der Waals surface area contributed by atoms with Crippen molar-refractivity contribution in [1.29, 1.82) is 0 Å². The Morgan fingerprint density at radius 2 is 2.25 bits per heavy atom. The van der Waals surface area contributed by atoms with Crippen molar-refractivity contribution in [3.8, 4) is 0 Å². The van der Waals surface area contributed by atoms with Gasteiger partial charge in [-0.1, -0.05) is 11.6 Å². The van der Waals surface area contributed by atoms with E-state index in [9.17, 15) is 0 Å². The van der Waals surface area contributed by atoms with Crippen LogP contribution in [-0.2, 0) is 0 Å². The lowest BCUT2D eigenvalue weighted by Gasteiger charge is -2.11. The number of pyridine rings is 1. The zero-order valence-electron chi connectivity index (χ0n) is 8.82. The molecule has 0 aromatic carbocycles. The van der Waals surface area contributed by atoms with Gasteiger partial charge >= 0.3 is 0 Å². The maximum Gasteiger partial charge on any atom is 0.159 e. The molecule has 1 fully saturated rings. The number of hydrogen-bond acceptors (Lipinski definition) is 2. The molecule has 2 aromatic rings. The second kappa shape index (κ2) is 3.70. The summed E-state index contributed by atoms with van der Waals surface area (Å²) >= 11 is 9.48. The highest BCUT2D eigenvalue weighted by Crippen LogP contribution is 2.40. The number of hydrogen-bond donors (Lipinski definition) is 0. The van der Waals surface area contributed by atoms with E-state index in [1.807, 2.05) is 10.9 Å². The SMILES string of the molecule is CC(C1CC1)n1ncc2c(Br)c(Cl)cnc21. The van der Waals surface area contributed by atoms with Gasteiger partial charge in [-0.25, -0.2) is 9.67 Å². The van der Waals surface area contributed by atoms with E-state index in [0.29, 0.717) is 11.1 Å². The second-order valence-corrected chi connectivity index (χ2v) is 5.52. The maximum absolute atomic E-state index is 6.00. The van der Waals surface area contributed by atoms with Crippen molar-refractivity contribution < 1.29 is 0 Å². The van der Waals surface area contributed by atoms with Crippen LogP contribution in [0, 0.1) is 5.92 Å². The van der Waals surface area contributed by atoms with E-state index in [1.165, 1.54) is 12.8 Å². The molecule has 0 aliphatic heterocycles. The van der Waals surface area contributed by atoms with Gasteiger partial charge in [0.25, 0.3) is 0 Å². The van der Waals surface area contributed by atoms with Crippen molar-refractivity contribution in [3.63, 3.8) is 0 Å². The summed E-state index contributed by atoms with van der Waals surface area (Å²) in [4.78, 5) is 4.37. The Hall–Kier alpha value is -0.610. The first-order valence-corrected chi connectivity index (χ1v) is 6.53. The Kier molecular flexibility index (Phi) is 2.44. The zero-order valence-corrected chi connectivity index (χ0v) is 11.2. The van der Waals surface area contributed by atoms with Crippen LogP contribution in [0.1, 0.15) is 25.8 Å². The van der Waals surface area contributed by atoms with E-state index in [0.717, 1.165) is 21.4 Å². The molecule has 84 valence electrons. The van der Waals surface area contributed by atoms with Crippen LogP contribution in [0.25, 0.3) is 11.0 Å². The summed E-state index contributed by atoms with van der Waals surface area (Å²) in [6.45, 7) is 2.20. The van der Waals surface area contributed by atoms with Gasteiger partial charge in [0, 0.05) is 6.20 Å². The number of aromatic nitrogens is 3. The average molecular weight is 301 g/mol. The van der Waals surface area contributed by atoms with Gasteiger partial charge in [-0.2, -0.15) is 5.10 Å². The Morgan fingerprint density at radius 3 is 2.94 bits per heavy atom. The molecule has 1 unspecified atom stereocenters. The number of halogens is 2. The molecule has 0 amide bonds.